The van der Waals surface area contributed by atoms with Gasteiger partial charge >= 0.3 is 0 Å². The summed E-state index contributed by atoms with van der Waals surface area (Å²) in [6.45, 7) is 3.62. The van der Waals surface area contributed by atoms with Crippen molar-refractivity contribution in [2.45, 2.75) is 38.8 Å². The van der Waals surface area contributed by atoms with Crippen molar-refractivity contribution in [1.82, 2.24) is 5.32 Å². The van der Waals surface area contributed by atoms with E-state index in [9.17, 15) is 0 Å². The number of hydrogen-bond donors (Lipinski definition) is 1. The van der Waals surface area contributed by atoms with E-state index in [1.54, 1.807) is 11.3 Å². The van der Waals surface area contributed by atoms with Crippen LogP contribution < -0.4 is 10.1 Å². The van der Waals surface area contributed by atoms with Crippen LogP contribution in [0, 0.1) is 11.3 Å². The zero-order valence-corrected chi connectivity index (χ0v) is 13.7. The van der Waals surface area contributed by atoms with E-state index < -0.39 is 0 Å². The highest BCUT2D eigenvalue weighted by Crippen LogP contribution is 2.22. The molecule has 4 heteroatoms. The van der Waals surface area contributed by atoms with Crippen molar-refractivity contribution in [2.24, 2.45) is 0 Å². The molecule has 22 heavy (non-hydrogen) atoms. The largest absolute Gasteiger partial charge is 0.494 e. The monoisotopic (exact) mass is 314 g/mol. The minimum absolute atomic E-state index is 0.403. The maximum atomic E-state index is 8.52. The first-order valence-electron chi connectivity index (χ1n) is 7.69. The van der Waals surface area contributed by atoms with Gasteiger partial charge in [0, 0.05) is 23.9 Å². The number of thiophene rings is 1. The van der Waals surface area contributed by atoms with Crippen LogP contribution in [0.2, 0.25) is 0 Å². The molecule has 3 nitrogen and oxygen atoms in total. The first-order chi connectivity index (χ1) is 10.8. The van der Waals surface area contributed by atoms with Crippen molar-refractivity contribution in [3.05, 3.63) is 52.2 Å². The molecular formula is C18H22N2OS. The van der Waals surface area contributed by atoms with E-state index in [2.05, 4.69) is 48.0 Å². The average molecular weight is 314 g/mol. The maximum Gasteiger partial charge on any atom is 0.119 e. The fraction of sp³-hybridized carbons (Fsp3) is 0.389. The van der Waals surface area contributed by atoms with Gasteiger partial charge in [-0.25, -0.2) is 0 Å². The van der Waals surface area contributed by atoms with E-state index in [0.29, 0.717) is 19.1 Å². The molecule has 0 aliphatic rings. The van der Waals surface area contributed by atoms with Gasteiger partial charge in [0.05, 0.1) is 12.7 Å². The van der Waals surface area contributed by atoms with E-state index in [4.69, 9.17) is 10.00 Å². The molecule has 0 aliphatic carbocycles. The van der Waals surface area contributed by atoms with Gasteiger partial charge in [0.15, 0.2) is 0 Å². The molecule has 1 N–H and O–H groups in total. The molecule has 0 bridgehead atoms. The van der Waals surface area contributed by atoms with Crippen molar-refractivity contribution in [1.29, 1.82) is 5.26 Å². The summed E-state index contributed by atoms with van der Waals surface area (Å²) < 4.78 is 5.68. The standard InChI is InChI=1S/C18H22N2OS/c1-2-17(18-9-6-12-22-18)20-14-15-7-5-8-16(13-15)21-11-4-3-10-19/h5-9,12-13,17,20H,2-4,11,14H2,1H3. The quantitative estimate of drug-likeness (QED) is 0.684. The molecule has 0 saturated carbocycles. The van der Waals surface area contributed by atoms with Crippen LogP contribution in [0.25, 0.3) is 0 Å². The van der Waals surface area contributed by atoms with Gasteiger partial charge in [-0.3, -0.25) is 0 Å². The van der Waals surface area contributed by atoms with Crippen molar-refractivity contribution < 1.29 is 4.74 Å². The Morgan fingerprint density at radius 2 is 2.23 bits per heavy atom. The highest BCUT2D eigenvalue weighted by Gasteiger charge is 2.09. The Balaban J connectivity index is 1.86. The van der Waals surface area contributed by atoms with Crippen LogP contribution in [-0.2, 0) is 6.54 Å². The Bertz CT molecular complexity index is 589. The van der Waals surface area contributed by atoms with E-state index in [1.165, 1.54) is 10.4 Å². The number of ether oxygens (including phenoxy) is 1. The lowest BCUT2D eigenvalue weighted by molar-refractivity contribution is 0.312. The Morgan fingerprint density at radius 3 is 2.95 bits per heavy atom. The normalized spacial score (nSPS) is 11.8. The maximum absolute atomic E-state index is 8.52. The molecule has 0 fully saturated rings. The lowest BCUT2D eigenvalue weighted by Crippen LogP contribution is -2.19. The Morgan fingerprint density at radius 1 is 1.32 bits per heavy atom. The van der Waals surface area contributed by atoms with Crippen molar-refractivity contribution in [3.63, 3.8) is 0 Å². The number of nitrogens with zero attached hydrogens (tertiary/aromatic N) is 1. The first kappa shape index (κ1) is 16.5. The summed E-state index contributed by atoms with van der Waals surface area (Å²) in [5.74, 6) is 0.876. The van der Waals surface area contributed by atoms with Gasteiger partial charge in [-0.2, -0.15) is 5.26 Å². The molecule has 2 rings (SSSR count). The second-order valence-corrected chi connectivity index (χ2v) is 6.09. The molecule has 0 radical (unpaired) electrons. The van der Waals surface area contributed by atoms with Crippen molar-refractivity contribution in [3.8, 4) is 11.8 Å². The number of unbranched alkanes of at least 4 members (excludes halogenated alkanes) is 1. The van der Waals surface area contributed by atoms with Crippen LogP contribution in [0.1, 0.15) is 42.7 Å². The number of rotatable bonds is 9. The number of nitriles is 1. The fourth-order valence-corrected chi connectivity index (χ4v) is 3.15. The summed E-state index contributed by atoms with van der Waals surface area (Å²) >= 11 is 1.80. The molecule has 1 heterocycles. The minimum Gasteiger partial charge on any atom is -0.494 e. The molecule has 2 aromatic rings. The van der Waals surface area contributed by atoms with Gasteiger partial charge in [0.2, 0.25) is 0 Å². The molecule has 1 unspecified atom stereocenters. The first-order valence-corrected chi connectivity index (χ1v) is 8.57. The number of benzene rings is 1. The molecule has 0 spiro atoms. The van der Waals surface area contributed by atoms with Crippen molar-refractivity contribution >= 4 is 11.3 Å². The Hall–Kier alpha value is -1.83. The van der Waals surface area contributed by atoms with E-state index in [1.807, 2.05) is 12.1 Å². The topological polar surface area (TPSA) is 45.0 Å². The Labute approximate surface area is 136 Å². The average Bonchev–Trinajstić information content (AvgIpc) is 3.07. The van der Waals surface area contributed by atoms with Crippen LogP contribution >= 0.6 is 11.3 Å². The van der Waals surface area contributed by atoms with Gasteiger partial charge in [-0.15, -0.1) is 11.3 Å². The van der Waals surface area contributed by atoms with Crippen molar-refractivity contribution in [2.75, 3.05) is 6.61 Å². The molecule has 1 atom stereocenters. The third-order valence-corrected chi connectivity index (χ3v) is 4.43. The molecule has 116 valence electrons. The summed E-state index contributed by atoms with van der Waals surface area (Å²) in [5, 5.41) is 14.2. The molecule has 0 aliphatic heterocycles. The summed E-state index contributed by atoms with van der Waals surface area (Å²) in [5.41, 5.74) is 1.22. The van der Waals surface area contributed by atoms with Gasteiger partial charge in [-0.1, -0.05) is 25.1 Å². The fourth-order valence-electron chi connectivity index (χ4n) is 2.26. The predicted octanol–water partition coefficient (Wildman–Crippen LogP) is 4.67. The van der Waals surface area contributed by atoms with E-state index in [0.717, 1.165) is 25.1 Å². The summed E-state index contributed by atoms with van der Waals surface area (Å²) in [4.78, 5) is 1.38. The lowest BCUT2D eigenvalue weighted by Gasteiger charge is -2.16. The lowest BCUT2D eigenvalue weighted by atomic mass is 10.1. The van der Waals surface area contributed by atoms with Crippen LogP contribution in [0.5, 0.6) is 5.75 Å². The molecular weight excluding hydrogens is 292 g/mol. The zero-order chi connectivity index (χ0) is 15.6. The summed E-state index contributed by atoms with van der Waals surface area (Å²) in [6, 6.07) is 15.0. The van der Waals surface area contributed by atoms with Gasteiger partial charge < -0.3 is 10.1 Å². The Kier molecular flexibility index (Phi) is 6.95. The van der Waals surface area contributed by atoms with Crippen LogP contribution in [0.3, 0.4) is 0 Å². The highest BCUT2D eigenvalue weighted by atomic mass is 32.1. The highest BCUT2D eigenvalue weighted by molar-refractivity contribution is 7.10. The predicted molar refractivity (Wildman–Crippen MR) is 91.0 cm³/mol. The number of nitrogens with one attached hydrogen (secondary N) is 1. The molecule has 1 aromatic carbocycles. The van der Waals surface area contributed by atoms with Crippen LogP contribution in [0.4, 0.5) is 0 Å². The van der Waals surface area contributed by atoms with Crippen LogP contribution in [0.15, 0.2) is 41.8 Å². The molecule has 0 saturated heterocycles. The second kappa shape index (κ2) is 9.24. The summed E-state index contributed by atoms with van der Waals surface area (Å²) in [7, 11) is 0. The smallest absolute Gasteiger partial charge is 0.119 e. The SMILES string of the molecule is CCC(NCc1cccc(OCCCC#N)c1)c1cccs1. The second-order valence-electron chi connectivity index (χ2n) is 5.11. The van der Waals surface area contributed by atoms with E-state index in [-0.39, 0.29) is 0 Å². The van der Waals surface area contributed by atoms with Gasteiger partial charge in [-0.05, 0) is 42.0 Å². The third kappa shape index (κ3) is 5.18. The number of hydrogen-bond acceptors (Lipinski definition) is 4. The zero-order valence-electron chi connectivity index (χ0n) is 12.9. The molecule has 0 amide bonds. The molecule has 1 aromatic heterocycles. The van der Waals surface area contributed by atoms with Crippen LogP contribution in [-0.4, -0.2) is 6.61 Å². The third-order valence-electron chi connectivity index (χ3n) is 3.45. The van der Waals surface area contributed by atoms with Gasteiger partial charge in [0.25, 0.3) is 0 Å². The van der Waals surface area contributed by atoms with E-state index >= 15 is 0 Å². The minimum atomic E-state index is 0.403. The summed E-state index contributed by atoms with van der Waals surface area (Å²) in [6.07, 6.45) is 2.39. The van der Waals surface area contributed by atoms with Gasteiger partial charge in [0.1, 0.15) is 5.75 Å².